The molecule has 1 heterocycles. The lowest BCUT2D eigenvalue weighted by Gasteiger charge is -2.25. The third-order valence-corrected chi connectivity index (χ3v) is 3.06. The molecule has 0 aromatic heterocycles. The van der Waals surface area contributed by atoms with Crippen molar-refractivity contribution in [3.8, 4) is 0 Å². The number of likely N-dealkylation sites (N-methyl/N-ethyl adjacent to an activating group) is 1. The number of hydrogen-bond acceptors (Lipinski definition) is 2. The van der Waals surface area contributed by atoms with Gasteiger partial charge in [0.2, 0.25) is 0 Å². The molecule has 2 atom stereocenters. The molecule has 2 heteroatoms. The van der Waals surface area contributed by atoms with Gasteiger partial charge in [0.1, 0.15) is 0 Å². The zero-order valence-electron chi connectivity index (χ0n) is 9.51. The van der Waals surface area contributed by atoms with Gasteiger partial charge in [0.25, 0.3) is 0 Å². The smallest absolute Gasteiger partial charge is 0.0204 e. The molecule has 13 heavy (non-hydrogen) atoms. The summed E-state index contributed by atoms with van der Waals surface area (Å²) in [7, 11) is 2.07. The van der Waals surface area contributed by atoms with Crippen LogP contribution in [0.15, 0.2) is 0 Å². The molecule has 1 aliphatic heterocycles. The Kier molecular flexibility index (Phi) is 4.20. The largest absolute Gasteiger partial charge is 0.316 e. The van der Waals surface area contributed by atoms with Gasteiger partial charge in [-0.2, -0.15) is 0 Å². The van der Waals surface area contributed by atoms with Crippen LogP contribution in [-0.2, 0) is 0 Å². The van der Waals surface area contributed by atoms with Crippen molar-refractivity contribution in [3.63, 3.8) is 0 Å². The minimum atomic E-state index is 0.731. The molecule has 0 amide bonds. The van der Waals surface area contributed by atoms with Crippen LogP contribution < -0.4 is 5.32 Å². The Balaban J connectivity index is 2.28. The van der Waals surface area contributed by atoms with Gasteiger partial charge in [-0.05, 0) is 32.7 Å². The van der Waals surface area contributed by atoms with E-state index in [0.29, 0.717) is 0 Å². The van der Waals surface area contributed by atoms with E-state index in [9.17, 15) is 0 Å². The van der Waals surface area contributed by atoms with Crippen LogP contribution in [-0.4, -0.2) is 37.1 Å². The van der Waals surface area contributed by atoms with Gasteiger partial charge in [0.15, 0.2) is 0 Å². The van der Waals surface area contributed by atoms with Crippen LogP contribution in [0.25, 0.3) is 0 Å². The van der Waals surface area contributed by atoms with Gasteiger partial charge < -0.3 is 5.32 Å². The summed E-state index contributed by atoms with van der Waals surface area (Å²) in [5.74, 6) is 0.823. The minimum absolute atomic E-state index is 0.731. The first kappa shape index (κ1) is 11.0. The summed E-state index contributed by atoms with van der Waals surface area (Å²) in [5.41, 5.74) is 0. The highest BCUT2D eigenvalue weighted by Crippen LogP contribution is 2.17. The Hall–Kier alpha value is -0.0800. The highest BCUT2D eigenvalue weighted by Gasteiger charge is 2.24. The van der Waals surface area contributed by atoms with Crippen LogP contribution in [0, 0.1) is 5.92 Å². The van der Waals surface area contributed by atoms with Crippen LogP contribution in [0.3, 0.4) is 0 Å². The molecule has 2 unspecified atom stereocenters. The molecule has 0 aromatic carbocycles. The Morgan fingerprint density at radius 3 is 2.54 bits per heavy atom. The number of likely N-dealkylation sites (tertiary alicyclic amines) is 1. The third kappa shape index (κ3) is 3.28. The molecule has 1 rings (SSSR count). The Morgan fingerprint density at radius 2 is 2.08 bits per heavy atom. The van der Waals surface area contributed by atoms with Gasteiger partial charge in [-0.1, -0.05) is 13.8 Å². The Morgan fingerprint density at radius 1 is 1.38 bits per heavy atom. The second-order valence-corrected chi connectivity index (χ2v) is 4.75. The summed E-state index contributed by atoms with van der Waals surface area (Å²) < 4.78 is 0. The maximum atomic E-state index is 3.36. The second-order valence-electron chi connectivity index (χ2n) is 4.75. The fourth-order valence-corrected chi connectivity index (χ4v) is 2.25. The van der Waals surface area contributed by atoms with Crippen molar-refractivity contribution in [3.05, 3.63) is 0 Å². The van der Waals surface area contributed by atoms with Crippen molar-refractivity contribution in [2.45, 2.75) is 45.7 Å². The topological polar surface area (TPSA) is 15.3 Å². The summed E-state index contributed by atoms with van der Waals surface area (Å²) in [6.45, 7) is 9.49. The molecule has 0 spiro atoms. The monoisotopic (exact) mass is 184 g/mol. The lowest BCUT2D eigenvalue weighted by molar-refractivity contribution is 0.224. The van der Waals surface area contributed by atoms with E-state index in [0.717, 1.165) is 18.0 Å². The molecule has 0 saturated carbocycles. The van der Waals surface area contributed by atoms with Crippen LogP contribution in [0.5, 0.6) is 0 Å². The first-order chi connectivity index (χ1) is 6.13. The first-order valence-electron chi connectivity index (χ1n) is 5.54. The normalized spacial score (nSPS) is 27.0. The molecule has 1 aliphatic rings. The van der Waals surface area contributed by atoms with Crippen LogP contribution in [0.4, 0.5) is 0 Å². The molecule has 1 fully saturated rings. The van der Waals surface area contributed by atoms with E-state index >= 15 is 0 Å². The molecule has 2 nitrogen and oxygen atoms in total. The lowest BCUT2D eigenvalue weighted by Crippen LogP contribution is -2.35. The minimum Gasteiger partial charge on any atom is -0.316 e. The van der Waals surface area contributed by atoms with Gasteiger partial charge in [-0.3, -0.25) is 4.90 Å². The number of nitrogens with one attached hydrogen (secondary N) is 1. The standard InChI is InChI=1S/C11H24N2/c1-9(2)7-10(3)13-6-5-11(8-13)12-4/h9-12H,5-8H2,1-4H3. The number of hydrogen-bond donors (Lipinski definition) is 1. The molecule has 0 radical (unpaired) electrons. The molecular formula is C11H24N2. The fourth-order valence-electron chi connectivity index (χ4n) is 2.25. The van der Waals surface area contributed by atoms with Gasteiger partial charge >= 0.3 is 0 Å². The molecule has 1 saturated heterocycles. The van der Waals surface area contributed by atoms with E-state index in [1.807, 2.05) is 0 Å². The number of rotatable bonds is 4. The van der Waals surface area contributed by atoms with E-state index < -0.39 is 0 Å². The van der Waals surface area contributed by atoms with Crippen LogP contribution >= 0.6 is 0 Å². The number of nitrogens with zero attached hydrogens (tertiary/aromatic N) is 1. The van der Waals surface area contributed by atoms with Crippen molar-refractivity contribution >= 4 is 0 Å². The van der Waals surface area contributed by atoms with Gasteiger partial charge in [0, 0.05) is 25.2 Å². The fraction of sp³-hybridized carbons (Fsp3) is 1.00. The third-order valence-electron chi connectivity index (χ3n) is 3.06. The highest BCUT2D eigenvalue weighted by atomic mass is 15.2. The SMILES string of the molecule is CNC1CCN(C(C)CC(C)C)C1. The zero-order chi connectivity index (χ0) is 9.84. The average molecular weight is 184 g/mol. The van der Waals surface area contributed by atoms with E-state index in [4.69, 9.17) is 0 Å². The lowest BCUT2D eigenvalue weighted by atomic mass is 10.0. The van der Waals surface area contributed by atoms with Crippen molar-refractivity contribution in [1.82, 2.24) is 10.2 Å². The predicted molar refractivity (Wildman–Crippen MR) is 58.0 cm³/mol. The van der Waals surface area contributed by atoms with Gasteiger partial charge in [-0.15, -0.1) is 0 Å². The van der Waals surface area contributed by atoms with Crippen LogP contribution in [0.2, 0.25) is 0 Å². The average Bonchev–Trinajstić information content (AvgIpc) is 2.50. The first-order valence-corrected chi connectivity index (χ1v) is 5.54. The molecular weight excluding hydrogens is 160 g/mol. The maximum absolute atomic E-state index is 3.36. The summed E-state index contributed by atoms with van der Waals surface area (Å²) in [4.78, 5) is 2.61. The molecule has 1 N–H and O–H groups in total. The van der Waals surface area contributed by atoms with E-state index in [1.165, 1.54) is 25.9 Å². The summed E-state index contributed by atoms with van der Waals surface area (Å²) in [5, 5.41) is 3.36. The molecule has 78 valence electrons. The zero-order valence-corrected chi connectivity index (χ0v) is 9.51. The molecule has 0 aromatic rings. The summed E-state index contributed by atoms with van der Waals surface area (Å²) >= 11 is 0. The molecule has 0 aliphatic carbocycles. The predicted octanol–water partition coefficient (Wildman–Crippen LogP) is 1.71. The van der Waals surface area contributed by atoms with E-state index in [-0.39, 0.29) is 0 Å². The summed E-state index contributed by atoms with van der Waals surface area (Å²) in [6, 6.07) is 1.49. The van der Waals surface area contributed by atoms with Crippen molar-refractivity contribution in [2.24, 2.45) is 5.92 Å². The Bertz CT molecular complexity index is 145. The highest BCUT2D eigenvalue weighted by molar-refractivity contribution is 4.83. The van der Waals surface area contributed by atoms with Crippen molar-refractivity contribution in [1.29, 1.82) is 0 Å². The second kappa shape index (κ2) is 4.97. The van der Waals surface area contributed by atoms with Gasteiger partial charge in [0.05, 0.1) is 0 Å². The van der Waals surface area contributed by atoms with E-state index in [1.54, 1.807) is 0 Å². The van der Waals surface area contributed by atoms with Gasteiger partial charge in [-0.25, -0.2) is 0 Å². The molecule has 0 bridgehead atoms. The van der Waals surface area contributed by atoms with Crippen molar-refractivity contribution in [2.75, 3.05) is 20.1 Å². The Labute approximate surface area is 82.7 Å². The summed E-state index contributed by atoms with van der Waals surface area (Å²) in [6.07, 6.45) is 2.65. The van der Waals surface area contributed by atoms with E-state index in [2.05, 4.69) is 38.0 Å². The van der Waals surface area contributed by atoms with Crippen LogP contribution in [0.1, 0.15) is 33.6 Å². The maximum Gasteiger partial charge on any atom is 0.0204 e. The van der Waals surface area contributed by atoms with Crippen molar-refractivity contribution < 1.29 is 0 Å². The quantitative estimate of drug-likeness (QED) is 0.715.